The molecule has 30 heavy (non-hydrogen) atoms. The van der Waals surface area contributed by atoms with E-state index in [1.54, 1.807) is 19.2 Å². The number of carbonyl (C=O) groups is 2. The Morgan fingerprint density at radius 3 is 2.57 bits per heavy atom. The molecule has 0 atom stereocenters. The topological polar surface area (TPSA) is 61.8 Å². The molecular weight excluding hydrogens is 551 g/mol. The van der Waals surface area contributed by atoms with Crippen LogP contribution in [0.3, 0.4) is 0 Å². The van der Waals surface area contributed by atoms with Gasteiger partial charge >= 0.3 is 6.18 Å². The molecule has 154 valence electrons. The summed E-state index contributed by atoms with van der Waals surface area (Å²) in [5.41, 5.74) is 0.614. The lowest BCUT2D eigenvalue weighted by Gasteiger charge is -2.11. The van der Waals surface area contributed by atoms with Crippen LogP contribution < -0.4 is 10.2 Å². The van der Waals surface area contributed by atoms with Crippen molar-refractivity contribution in [1.29, 1.82) is 0 Å². The van der Waals surface area contributed by atoms with Crippen molar-refractivity contribution in [3.63, 3.8) is 0 Å². The van der Waals surface area contributed by atoms with Crippen LogP contribution in [0.15, 0.2) is 55.2 Å². The van der Waals surface area contributed by atoms with Crippen LogP contribution in [-0.2, 0) is 15.8 Å². The summed E-state index contributed by atoms with van der Waals surface area (Å²) in [4.78, 5) is 31.1. The summed E-state index contributed by atoms with van der Waals surface area (Å²) in [5.74, 6) is -0.895. The van der Waals surface area contributed by atoms with Gasteiger partial charge in [-0.05, 0) is 58.0 Å². The van der Waals surface area contributed by atoms with E-state index in [0.29, 0.717) is 15.7 Å². The highest BCUT2D eigenvalue weighted by atomic mass is 79.9. The molecule has 0 bridgehead atoms. The van der Waals surface area contributed by atoms with E-state index in [0.717, 1.165) is 28.4 Å². The molecule has 5 nitrogen and oxygen atoms in total. The molecular formula is C19H10Br2F3N3O2S. The minimum atomic E-state index is -4.50. The number of amides is 2. The van der Waals surface area contributed by atoms with E-state index >= 15 is 0 Å². The number of carbonyl (C=O) groups excluding carboxylic acids is 2. The third-order valence-electron chi connectivity index (χ3n) is 4.41. The Hall–Kier alpha value is -2.11. The number of halogens is 5. The Morgan fingerprint density at radius 2 is 1.87 bits per heavy atom. The Morgan fingerprint density at radius 1 is 1.13 bits per heavy atom. The Labute approximate surface area is 189 Å². The first-order valence-corrected chi connectivity index (χ1v) is 10.7. The Balaban J connectivity index is 1.76. The van der Waals surface area contributed by atoms with E-state index in [1.807, 2.05) is 0 Å². The fourth-order valence-corrected chi connectivity index (χ4v) is 5.53. The molecule has 11 heteroatoms. The number of hydrogen-bond acceptors (Lipinski definition) is 4. The molecule has 2 aromatic rings. The minimum absolute atomic E-state index is 0.0413. The zero-order chi connectivity index (χ0) is 21.8. The first kappa shape index (κ1) is 21.1. The summed E-state index contributed by atoms with van der Waals surface area (Å²) < 4.78 is 40.1. The second-order valence-electron chi connectivity index (χ2n) is 6.37. The van der Waals surface area contributed by atoms with E-state index in [9.17, 15) is 22.8 Å². The Bertz CT molecular complexity index is 1180. The van der Waals surface area contributed by atoms with Gasteiger partial charge in [-0.1, -0.05) is 22.0 Å². The molecule has 1 saturated heterocycles. The van der Waals surface area contributed by atoms with Gasteiger partial charge in [0.1, 0.15) is 0 Å². The quantitative estimate of drug-likeness (QED) is 0.471. The molecule has 2 aliphatic heterocycles. The monoisotopic (exact) mass is 559 g/mol. The summed E-state index contributed by atoms with van der Waals surface area (Å²) in [7, 11) is 1.60. The van der Waals surface area contributed by atoms with Gasteiger partial charge in [0.25, 0.3) is 11.8 Å². The summed E-state index contributed by atoms with van der Waals surface area (Å²) in [6.07, 6.45) is -4.50. The van der Waals surface area contributed by atoms with Crippen LogP contribution in [-0.4, -0.2) is 24.0 Å². The van der Waals surface area contributed by atoms with Gasteiger partial charge in [-0.15, -0.1) is 0 Å². The van der Waals surface area contributed by atoms with E-state index in [-0.39, 0.29) is 27.2 Å². The number of fused-ring (bicyclic) bond motifs is 1. The van der Waals surface area contributed by atoms with Crippen LogP contribution in [0.25, 0.3) is 5.57 Å². The van der Waals surface area contributed by atoms with Gasteiger partial charge in [-0.2, -0.15) is 13.2 Å². The molecule has 2 aromatic carbocycles. The first-order chi connectivity index (χ1) is 14.1. The number of hydrogen-bond donors (Lipinski definition) is 1. The number of amidine groups is 1. The zero-order valence-electron chi connectivity index (χ0n) is 15.0. The second kappa shape index (κ2) is 7.54. The molecule has 4 rings (SSSR count). The number of thioether (sulfide) groups is 1. The SMILES string of the molecule is CN1C(=O)C(=C2SC(=Nc3cccc(C(F)(F)F)c3)NC2=O)c2cc(Br)cc(Br)c21. The number of nitrogens with one attached hydrogen (secondary N) is 1. The number of anilines is 1. The number of alkyl halides is 3. The minimum Gasteiger partial charge on any atom is -0.310 e. The van der Waals surface area contributed by atoms with Crippen molar-refractivity contribution in [3.05, 3.63) is 61.4 Å². The van der Waals surface area contributed by atoms with Crippen molar-refractivity contribution >= 4 is 77.6 Å². The molecule has 2 amide bonds. The number of aliphatic imine (C=N–C) groups is 1. The fourth-order valence-electron chi connectivity index (χ4n) is 3.11. The van der Waals surface area contributed by atoms with Gasteiger partial charge in [0.2, 0.25) is 0 Å². The molecule has 2 aliphatic rings. The van der Waals surface area contributed by atoms with Crippen LogP contribution in [0.4, 0.5) is 24.5 Å². The van der Waals surface area contributed by atoms with Crippen LogP contribution in [0, 0.1) is 0 Å². The molecule has 1 N–H and O–H groups in total. The van der Waals surface area contributed by atoms with Crippen molar-refractivity contribution in [1.82, 2.24) is 5.32 Å². The van der Waals surface area contributed by atoms with Crippen LogP contribution >= 0.6 is 43.6 Å². The Kier molecular flexibility index (Phi) is 5.31. The van der Waals surface area contributed by atoms with Crippen LogP contribution in [0.5, 0.6) is 0 Å². The third-order valence-corrected chi connectivity index (χ3v) is 6.45. The summed E-state index contributed by atoms with van der Waals surface area (Å²) in [6, 6.07) is 8.00. The van der Waals surface area contributed by atoms with Gasteiger partial charge in [0.15, 0.2) is 5.17 Å². The van der Waals surface area contributed by atoms with Gasteiger partial charge < -0.3 is 10.2 Å². The second-order valence-corrected chi connectivity index (χ2v) is 9.14. The third kappa shape index (κ3) is 3.69. The van der Waals surface area contributed by atoms with Crippen molar-refractivity contribution < 1.29 is 22.8 Å². The molecule has 0 unspecified atom stereocenters. The number of rotatable bonds is 1. The maximum absolute atomic E-state index is 12.9. The molecule has 0 radical (unpaired) electrons. The lowest BCUT2D eigenvalue weighted by molar-refractivity contribution is -0.137. The summed E-state index contributed by atoms with van der Waals surface area (Å²) >= 11 is 7.72. The van der Waals surface area contributed by atoms with Crippen molar-refractivity contribution in [2.75, 3.05) is 11.9 Å². The summed E-state index contributed by atoms with van der Waals surface area (Å²) in [5, 5.41) is 2.62. The lowest BCUT2D eigenvalue weighted by Crippen LogP contribution is -2.23. The van der Waals surface area contributed by atoms with Gasteiger partial charge in [-0.25, -0.2) is 4.99 Å². The highest BCUT2D eigenvalue weighted by Gasteiger charge is 2.39. The van der Waals surface area contributed by atoms with Crippen molar-refractivity contribution in [2.24, 2.45) is 4.99 Å². The number of nitrogens with zero attached hydrogens (tertiary/aromatic N) is 2. The van der Waals surface area contributed by atoms with Crippen LogP contribution in [0.1, 0.15) is 11.1 Å². The van der Waals surface area contributed by atoms with Gasteiger partial charge in [0.05, 0.1) is 27.4 Å². The highest BCUT2D eigenvalue weighted by Crippen LogP contribution is 2.46. The van der Waals surface area contributed by atoms with E-state index in [1.165, 1.54) is 17.0 Å². The number of benzene rings is 2. The van der Waals surface area contributed by atoms with Crippen molar-refractivity contribution in [2.45, 2.75) is 6.18 Å². The predicted molar refractivity (Wildman–Crippen MR) is 116 cm³/mol. The average molecular weight is 561 g/mol. The predicted octanol–water partition coefficient (Wildman–Crippen LogP) is 5.47. The summed E-state index contributed by atoms with van der Waals surface area (Å²) in [6.45, 7) is 0. The smallest absolute Gasteiger partial charge is 0.310 e. The maximum Gasteiger partial charge on any atom is 0.416 e. The molecule has 0 aliphatic carbocycles. The molecule has 0 spiro atoms. The zero-order valence-corrected chi connectivity index (χ0v) is 19.0. The normalized spacial score (nSPS) is 20.2. The molecule has 0 saturated carbocycles. The van der Waals surface area contributed by atoms with E-state index in [4.69, 9.17) is 0 Å². The maximum atomic E-state index is 12.9. The molecule has 0 aromatic heterocycles. The van der Waals surface area contributed by atoms with Gasteiger partial charge in [-0.3, -0.25) is 9.59 Å². The van der Waals surface area contributed by atoms with E-state index < -0.39 is 17.6 Å². The fraction of sp³-hybridized carbons (Fsp3) is 0.105. The van der Waals surface area contributed by atoms with Crippen molar-refractivity contribution in [3.8, 4) is 0 Å². The first-order valence-electron chi connectivity index (χ1n) is 8.33. The molecule has 2 heterocycles. The average Bonchev–Trinajstić information content (AvgIpc) is 3.11. The van der Waals surface area contributed by atoms with Crippen LogP contribution in [0.2, 0.25) is 0 Å². The highest BCUT2D eigenvalue weighted by molar-refractivity contribution is 9.11. The standard InChI is InChI=1S/C19H10Br2F3N3O2S/c1-27-14-11(6-9(20)7-12(14)21)13(17(27)29)15-16(28)26-18(30-15)25-10-4-2-3-8(5-10)19(22,23)24/h2-7H,1H3,(H,25,26,28). The lowest BCUT2D eigenvalue weighted by atomic mass is 10.1. The van der Waals surface area contributed by atoms with Gasteiger partial charge in [0, 0.05) is 21.6 Å². The largest absolute Gasteiger partial charge is 0.416 e. The number of likely N-dealkylation sites (N-methyl/N-ethyl adjacent to an activating group) is 1. The van der Waals surface area contributed by atoms with E-state index in [2.05, 4.69) is 42.2 Å². The molecule has 1 fully saturated rings.